The van der Waals surface area contributed by atoms with E-state index in [0.717, 1.165) is 18.8 Å². The number of hydrogen-bond donors (Lipinski definition) is 1. The predicted octanol–water partition coefficient (Wildman–Crippen LogP) is -0.602. The third-order valence-corrected chi connectivity index (χ3v) is 3.23. The number of piperidine rings is 1. The molecule has 3 heterocycles. The number of hydrogen-bond acceptors (Lipinski definition) is 4. The van der Waals surface area contributed by atoms with Gasteiger partial charge in [0.05, 0.1) is 0 Å². The van der Waals surface area contributed by atoms with E-state index in [1.54, 1.807) is 0 Å². The molecule has 0 aromatic rings. The number of hydrazine groups is 1. The molecule has 2 unspecified atom stereocenters. The van der Waals surface area contributed by atoms with Crippen LogP contribution in [0.3, 0.4) is 0 Å². The second-order valence-corrected chi connectivity index (χ2v) is 4.29. The molecule has 3 fully saturated rings. The lowest BCUT2D eigenvalue weighted by molar-refractivity contribution is -0.135. The molecule has 0 spiro atoms. The number of nitrogens with zero attached hydrogens (tertiary/aromatic N) is 3. The summed E-state index contributed by atoms with van der Waals surface area (Å²) >= 11 is 0. The van der Waals surface area contributed by atoms with Gasteiger partial charge in [0, 0.05) is 45.9 Å². The second kappa shape index (κ2) is 3.53. The standard InChI is InChI=1S/C9H20N4/c1-10-7-13-8-4-9(13)6-12(5-8)11(2)3/h8-10H,4-7H2,1-3H3. The van der Waals surface area contributed by atoms with Gasteiger partial charge in [0.1, 0.15) is 0 Å². The maximum absolute atomic E-state index is 3.24. The van der Waals surface area contributed by atoms with Crippen LogP contribution in [-0.4, -0.2) is 67.9 Å². The number of piperazine rings is 1. The fourth-order valence-electron chi connectivity index (χ4n) is 2.43. The molecule has 2 bridgehead atoms. The van der Waals surface area contributed by atoms with Gasteiger partial charge in [-0.05, 0) is 13.5 Å². The Hall–Kier alpha value is -0.160. The van der Waals surface area contributed by atoms with E-state index >= 15 is 0 Å². The Balaban J connectivity index is 1.87. The minimum Gasteiger partial charge on any atom is -0.307 e. The van der Waals surface area contributed by atoms with E-state index in [0.29, 0.717) is 0 Å². The fraction of sp³-hybridized carbons (Fsp3) is 1.00. The van der Waals surface area contributed by atoms with E-state index < -0.39 is 0 Å². The highest BCUT2D eigenvalue weighted by Crippen LogP contribution is 2.31. The van der Waals surface area contributed by atoms with Gasteiger partial charge in [0.25, 0.3) is 0 Å². The maximum Gasteiger partial charge on any atom is 0.0484 e. The Labute approximate surface area is 80.4 Å². The molecule has 13 heavy (non-hydrogen) atoms. The maximum atomic E-state index is 3.24. The first-order valence-corrected chi connectivity index (χ1v) is 5.05. The molecule has 3 rings (SSSR count). The van der Waals surface area contributed by atoms with Gasteiger partial charge >= 0.3 is 0 Å². The summed E-state index contributed by atoms with van der Waals surface area (Å²) in [6.07, 6.45) is 1.39. The molecule has 3 saturated heterocycles. The van der Waals surface area contributed by atoms with Gasteiger partial charge in [-0.2, -0.15) is 0 Å². The van der Waals surface area contributed by atoms with E-state index in [4.69, 9.17) is 0 Å². The van der Waals surface area contributed by atoms with Crippen molar-refractivity contribution in [1.29, 1.82) is 0 Å². The first-order chi connectivity index (χ1) is 6.22. The average Bonchev–Trinajstić information content (AvgIpc) is 2.14. The van der Waals surface area contributed by atoms with Crippen molar-refractivity contribution in [2.75, 3.05) is 40.9 Å². The van der Waals surface area contributed by atoms with Crippen molar-refractivity contribution in [3.8, 4) is 0 Å². The van der Waals surface area contributed by atoms with Crippen molar-refractivity contribution >= 4 is 0 Å². The minimum atomic E-state index is 0.786. The molecular formula is C9H20N4. The average molecular weight is 184 g/mol. The number of rotatable bonds is 3. The Morgan fingerprint density at radius 3 is 2.38 bits per heavy atom. The van der Waals surface area contributed by atoms with Crippen LogP contribution in [-0.2, 0) is 0 Å². The Bertz CT molecular complexity index is 170. The lowest BCUT2D eigenvalue weighted by Gasteiger charge is -2.57. The first-order valence-electron chi connectivity index (χ1n) is 5.05. The van der Waals surface area contributed by atoms with Crippen LogP contribution in [0.5, 0.6) is 0 Å². The third kappa shape index (κ3) is 1.59. The highest BCUT2D eigenvalue weighted by Gasteiger charge is 2.44. The quantitative estimate of drug-likeness (QED) is 0.632. The lowest BCUT2D eigenvalue weighted by atomic mass is 9.89. The molecule has 0 amide bonds. The van der Waals surface area contributed by atoms with Crippen molar-refractivity contribution in [1.82, 2.24) is 20.2 Å². The molecule has 0 aromatic heterocycles. The van der Waals surface area contributed by atoms with Gasteiger partial charge in [0.15, 0.2) is 0 Å². The first kappa shape index (κ1) is 9.40. The van der Waals surface area contributed by atoms with Crippen LogP contribution in [0.15, 0.2) is 0 Å². The minimum absolute atomic E-state index is 0.786. The molecule has 0 radical (unpaired) electrons. The predicted molar refractivity (Wildman–Crippen MR) is 53.2 cm³/mol. The molecule has 3 aliphatic rings. The number of fused-ring (bicyclic) bond motifs is 2. The molecule has 3 aliphatic heterocycles. The van der Waals surface area contributed by atoms with Gasteiger partial charge in [-0.15, -0.1) is 0 Å². The summed E-state index contributed by atoms with van der Waals surface area (Å²) in [6, 6.07) is 1.57. The molecule has 4 heteroatoms. The van der Waals surface area contributed by atoms with Crippen LogP contribution < -0.4 is 5.32 Å². The Kier molecular flexibility index (Phi) is 2.55. The Morgan fingerprint density at radius 2 is 1.92 bits per heavy atom. The van der Waals surface area contributed by atoms with E-state index in [1.807, 2.05) is 7.05 Å². The zero-order valence-electron chi connectivity index (χ0n) is 8.82. The molecule has 0 aliphatic carbocycles. The highest BCUT2D eigenvalue weighted by atomic mass is 15.6. The zero-order valence-corrected chi connectivity index (χ0v) is 8.82. The summed E-state index contributed by atoms with van der Waals surface area (Å²) in [5.41, 5.74) is 0. The topological polar surface area (TPSA) is 21.8 Å². The SMILES string of the molecule is CNCN1C2CC1CN(N(C)C)C2. The van der Waals surface area contributed by atoms with E-state index in [-0.39, 0.29) is 0 Å². The van der Waals surface area contributed by atoms with Crippen LogP contribution >= 0.6 is 0 Å². The van der Waals surface area contributed by atoms with Crippen molar-refractivity contribution in [2.45, 2.75) is 18.5 Å². The molecule has 4 nitrogen and oxygen atoms in total. The summed E-state index contributed by atoms with van der Waals surface area (Å²) < 4.78 is 0. The summed E-state index contributed by atoms with van der Waals surface area (Å²) in [5, 5.41) is 7.89. The largest absolute Gasteiger partial charge is 0.307 e. The third-order valence-electron chi connectivity index (χ3n) is 3.23. The molecule has 2 atom stereocenters. The molecule has 0 aromatic carbocycles. The van der Waals surface area contributed by atoms with Crippen molar-refractivity contribution in [3.05, 3.63) is 0 Å². The zero-order chi connectivity index (χ0) is 9.42. The van der Waals surface area contributed by atoms with Gasteiger partial charge in [-0.25, -0.2) is 10.0 Å². The van der Waals surface area contributed by atoms with Crippen molar-refractivity contribution in [2.24, 2.45) is 0 Å². The number of nitrogens with one attached hydrogen (secondary N) is 1. The summed E-state index contributed by atoms with van der Waals surface area (Å²) in [6.45, 7) is 3.45. The van der Waals surface area contributed by atoms with E-state index in [2.05, 4.69) is 34.3 Å². The van der Waals surface area contributed by atoms with Gasteiger partial charge < -0.3 is 5.32 Å². The van der Waals surface area contributed by atoms with E-state index in [1.165, 1.54) is 19.5 Å². The summed E-state index contributed by atoms with van der Waals surface area (Å²) in [5.74, 6) is 0. The van der Waals surface area contributed by atoms with Crippen molar-refractivity contribution < 1.29 is 0 Å². The normalized spacial score (nSPS) is 35.1. The van der Waals surface area contributed by atoms with Gasteiger partial charge in [-0.1, -0.05) is 0 Å². The van der Waals surface area contributed by atoms with Crippen LogP contribution in [0.25, 0.3) is 0 Å². The molecular weight excluding hydrogens is 164 g/mol. The van der Waals surface area contributed by atoms with Crippen molar-refractivity contribution in [3.63, 3.8) is 0 Å². The van der Waals surface area contributed by atoms with Crippen LogP contribution in [0.1, 0.15) is 6.42 Å². The van der Waals surface area contributed by atoms with Crippen LogP contribution in [0.4, 0.5) is 0 Å². The Morgan fingerprint density at radius 1 is 1.31 bits per heavy atom. The second-order valence-electron chi connectivity index (χ2n) is 4.29. The summed E-state index contributed by atoms with van der Waals surface area (Å²) in [4.78, 5) is 2.57. The molecule has 0 saturated carbocycles. The molecule has 1 N–H and O–H groups in total. The van der Waals surface area contributed by atoms with Crippen LogP contribution in [0.2, 0.25) is 0 Å². The monoisotopic (exact) mass is 184 g/mol. The smallest absolute Gasteiger partial charge is 0.0484 e. The molecule has 76 valence electrons. The van der Waals surface area contributed by atoms with Crippen LogP contribution in [0, 0.1) is 0 Å². The lowest BCUT2D eigenvalue weighted by Crippen LogP contribution is -2.71. The fourth-order valence-corrected chi connectivity index (χ4v) is 2.43. The summed E-state index contributed by atoms with van der Waals surface area (Å²) in [7, 11) is 6.29. The van der Waals surface area contributed by atoms with E-state index in [9.17, 15) is 0 Å². The van der Waals surface area contributed by atoms with Gasteiger partial charge in [0.2, 0.25) is 0 Å². The van der Waals surface area contributed by atoms with Gasteiger partial charge in [-0.3, -0.25) is 4.90 Å². The highest BCUT2D eigenvalue weighted by molar-refractivity contribution is 4.99.